The van der Waals surface area contributed by atoms with Crippen LogP contribution in [0.25, 0.3) is 0 Å². The molecule has 0 spiro atoms. The Kier molecular flexibility index (Phi) is 10.7. The minimum absolute atomic E-state index is 0.00204. The molecule has 0 radical (unpaired) electrons. The van der Waals surface area contributed by atoms with Crippen LogP contribution >= 0.6 is 0 Å². The molecular weight excluding hydrogens is 478 g/mol. The van der Waals surface area contributed by atoms with Crippen LogP contribution in [0.4, 0.5) is 0 Å². The fourth-order valence-corrected chi connectivity index (χ4v) is 7.98. The van der Waals surface area contributed by atoms with Crippen molar-refractivity contribution in [2.75, 3.05) is 13.2 Å². The Morgan fingerprint density at radius 3 is 1.74 bits per heavy atom. The van der Waals surface area contributed by atoms with E-state index in [-0.39, 0.29) is 43.1 Å². The van der Waals surface area contributed by atoms with E-state index in [0.717, 1.165) is 24.7 Å². The molecule has 11 atom stereocenters. The van der Waals surface area contributed by atoms with Gasteiger partial charge < -0.3 is 14.6 Å². The predicted molar refractivity (Wildman–Crippen MR) is 151 cm³/mol. The lowest BCUT2D eigenvalue weighted by Gasteiger charge is -2.52. The quantitative estimate of drug-likeness (QED) is 0.207. The monoisotopic (exact) mass is 533 g/mol. The molecule has 7 nitrogen and oxygen atoms in total. The number of carbonyl (C=O) groups is 1. The molecule has 218 valence electrons. The normalized spacial score (nSPS) is 44.4. The largest absolute Gasteiger partial charge is 0.460 e. The summed E-state index contributed by atoms with van der Waals surface area (Å²) >= 11 is 0. The van der Waals surface area contributed by atoms with Crippen LogP contribution in [0.15, 0.2) is 12.2 Å². The summed E-state index contributed by atoms with van der Waals surface area (Å²) in [7, 11) is 0. The maximum atomic E-state index is 11.6. The average molecular weight is 534 g/mol. The summed E-state index contributed by atoms with van der Waals surface area (Å²) in [5.74, 6) is 4.03. The van der Waals surface area contributed by atoms with Crippen LogP contribution in [0, 0.1) is 41.4 Å². The lowest BCUT2D eigenvalue weighted by Crippen LogP contribution is -2.74. The number of ether oxygens (including phenoxy) is 2. The lowest BCUT2D eigenvalue weighted by molar-refractivity contribution is -0.142. The first-order valence-corrected chi connectivity index (χ1v) is 15.5. The zero-order valence-corrected chi connectivity index (χ0v) is 24.6. The minimum Gasteiger partial charge on any atom is -0.460 e. The van der Waals surface area contributed by atoms with Gasteiger partial charge in [-0.2, -0.15) is 0 Å². The van der Waals surface area contributed by atoms with E-state index in [9.17, 15) is 9.90 Å². The molecule has 4 fully saturated rings. The number of rotatable bonds is 8. The van der Waals surface area contributed by atoms with Crippen molar-refractivity contribution in [1.29, 1.82) is 0 Å². The molecule has 4 aliphatic rings. The Morgan fingerprint density at radius 1 is 0.763 bits per heavy atom. The first-order chi connectivity index (χ1) is 18.1. The Morgan fingerprint density at radius 2 is 1.26 bits per heavy atom. The van der Waals surface area contributed by atoms with Crippen molar-refractivity contribution in [3.8, 4) is 0 Å². The molecule has 0 amide bonds. The summed E-state index contributed by atoms with van der Waals surface area (Å²) in [5.41, 5.74) is 0.397. The van der Waals surface area contributed by atoms with Gasteiger partial charge in [-0.25, -0.2) is 4.79 Å². The molecule has 1 saturated heterocycles. The molecule has 0 bridgehead atoms. The minimum atomic E-state index is -0.427. The molecule has 7 heteroatoms. The maximum Gasteiger partial charge on any atom is 0.333 e. The van der Waals surface area contributed by atoms with Crippen LogP contribution in [0.3, 0.4) is 0 Å². The summed E-state index contributed by atoms with van der Waals surface area (Å²) in [4.78, 5) is 11.6. The highest BCUT2D eigenvalue weighted by atomic mass is 16.6. The molecule has 38 heavy (non-hydrogen) atoms. The van der Waals surface area contributed by atoms with Gasteiger partial charge in [0, 0.05) is 11.5 Å². The summed E-state index contributed by atoms with van der Waals surface area (Å²) in [6, 6.07) is 0. The number of hydrogen-bond donors (Lipinski definition) is 4. The van der Waals surface area contributed by atoms with E-state index < -0.39 is 6.10 Å². The fourth-order valence-electron chi connectivity index (χ4n) is 7.98. The van der Waals surface area contributed by atoms with Crippen molar-refractivity contribution in [2.45, 2.75) is 123 Å². The van der Waals surface area contributed by atoms with Crippen LogP contribution in [0.2, 0.25) is 0 Å². The number of carbonyl (C=O) groups excluding carboxylic acids is 1. The van der Waals surface area contributed by atoms with Crippen LogP contribution in [-0.2, 0) is 14.3 Å². The van der Waals surface area contributed by atoms with Gasteiger partial charge in [-0.1, -0.05) is 47.1 Å². The van der Waals surface area contributed by atoms with Crippen molar-refractivity contribution < 1.29 is 19.4 Å². The van der Waals surface area contributed by atoms with Crippen LogP contribution in [-0.4, -0.2) is 55.0 Å². The highest BCUT2D eigenvalue weighted by molar-refractivity contribution is 5.86. The number of nitrogens with one attached hydrogen (secondary N) is 3. The number of aliphatic hydroxyl groups excluding tert-OH is 1. The molecule has 4 rings (SSSR count). The Bertz CT molecular complexity index is 759. The van der Waals surface area contributed by atoms with Gasteiger partial charge in [0.15, 0.2) is 0 Å². The standard InChI is InChI=1S/C31H55N3O4/c1-18(2)31(36)38-14-13-37-23-9-12-26(27(35)17-23)30-33-28(24-10-7-19(3)15-21(24)5)32-29(34-30)25-11-8-20(4)16-22(25)6/h19-30,32-35H,1,7-17H2,2-6H3. The van der Waals surface area contributed by atoms with E-state index in [1.807, 2.05) is 0 Å². The molecule has 11 unspecified atom stereocenters. The van der Waals surface area contributed by atoms with Gasteiger partial charge in [0.05, 0.1) is 37.3 Å². The van der Waals surface area contributed by atoms with Crippen LogP contribution in [0.1, 0.15) is 92.4 Å². The van der Waals surface area contributed by atoms with E-state index in [4.69, 9.17) is 9.47 Å². The van der Waals surface area contributed by atoms with E-state index in [1.54, 1.807) is 6.92 Å². The Labute approximate surface area is 231 Å². The Hall–Kier alpha value is -0.990. The van der Waals surface area contributed by atoms with Gasteiger partial charge in [-0.05, 0) is 87.4 Å². The molecular formula is C31H55N3O4. The smallest absolute Gasteiger partial charge is 0.333 e. The van der Waals surface area contributed by atoms with Crippen LogP contribution < -0.4 is 16.0 Å². The van der Waals surface area contributed by atoms with Gasteiger partial charge in [-0.15, -0.1) is 0 Å². The molecule has 0 aromatic heterocycles. The van der Waals surface area contributed by atoms with E-state index in [1.165, 1.54) is 38.5 Å². The van der Waals surface area contributed by atoms with Crippen molar-refractivity contribution in [3.63, 3.8) is 0 Å². The summed E-state index contributed by atoms with van der Waals surface area (Å²) in [5, 5.41) is 23.3. The second kappa shape index (κ2) is 13.6. The summed E-state index contributed by atoms with van der Waals surface area (Å²) in [6.45, 7) is 15.5. The van der Waals surface area contributed by atoms with Crippen LogP contribution in [0.5, 0.6) is 0 Å². The van der Waals surface area contributed by atoms with Crippen molar-refractivity contribution in [2.24, 2.45) is 41.4 Å². The topological polar surface area (TPSA) is 91.9 Å². The average Bonchev–Trinajstić information content (AvgIpc) is 2.86. The third kappa shape index (κ3) is 7.60. The van der Waals surface area contributed by atoms with Gasteiger partial charge in [0.25, 0.3) is 0 Å². The second-order valence-electron chi connectivity index (χ2n) is 13.5. The number of esters is 1. The summed E-state index contributed by atoms with van der Waals surface area (Å²) in [6.07, 6.45) is 10.4. The molecule has 3 saturated carbocycles. The van der Waals surface area contributed by atoms with Gasteiger partial charge >= 0.3 is 5.97 Å². The Balaban J connectivity index is 1.38. The third-order valence-corrected chi connectivity index (χ3v) is 10.2. The molecule has 4 N–H and O–H groups in total. The third-order valence-electron chi connectivity index (χ3n) is 10.2. The number of hydrogen-bond acceptors (Lipinski definition) is 7. The van der Waals surface area contributed by atoms with Crippen molar-refractivity contribution in [1.82, 2.24) is 16.0 Å². The highest BCUT2D eigenvalue weighted by Gasteiger charge is 2.45. The first kappa shape index (κ1) is 30.0. The van der Waals surface area contributed by atoms with Gasteiger partial charge in [0.2, 0.25) is 0 Å². The first-order valence-electron chi connectivity index (χ1n) is 15.5. The fraction of sp³-hybridized carbons (Fsp3) is 0.903. The molecule has 0 aromatic carbocycles. The van der Waals surface area contributed by atoms with Crippen molar-refractivity contribution >= 4 is 5.97 Å². The molecule has 1 aliphatic heterocycles. The SMILES string of the molecule is C=C(C)C(=O)OCCOC1CCC(C2NC(C3CCC(C)CC3C)NC(C3CCC(C)CC3C)N2)C(O)C1. The summed E-state index contributed by atoms with van der Waals surface area (Å²) < 4.78 is 11.1. The lowest BCUT2D eigenvalue weighted by atomic mass is 9.71. The zero-order valence-electron chi connectivity index (χ0n) is 24.6. The second-order valence-corrected chi connectivity index (χ2v) is 13.5. The van der Waals surface area contributed by atoms with Crippen molar-refractivity contribution in [3.05, 3.63) is 12.2 Å². The zero-order chi connectivity index (χ0) is 27.4. The number of aliphatic hydroxyl groups is 1. The maximum absolute atomic E-state index is 11.6. The predicted octanol–water partition coefficient (Wildman–Crippen LogP) is 4.56. The van der Waals surface area contributed by atoms with E-state index in [0.29, 0.717) is 42.3 Å². The molecule has 0 aromatic rings. The van der Waals surface area contributed by atoms with Gasteiger partial charge in [0.1, 0.15) is 6.61 Å². The van der Waals surface area contributed by atoms with Gasteiger partial charge in [-0.3, -0.25) is 16.0 Å². The highest BCUT2D eigenvalue weighted by Crippen LogP contribution is 2.40. The van der Waals surface area contributed by atoms with E-state index >= 15 is 0 Å². The van der Waals surface area contributed by atoms with E-state index in [2.05, 4.69) is 50.2 Å². The molecule has 3 aliphatic carbocycles. The molecule has 1 heterocycles.